The number of aliphatic hydroxyl groups is 5. The van der Waals surface area contributed by atoms with Crippen molar-refractivity contribution in [2.75, 3.05) is 13.2 Å². The van der Waals surface area contributed by atoms with Gasteiger partial charge in [-0.1, -0.05) is 336 Å². The first-order chi connectivity index (χ1) is 41.8. The molecule has 0 aliphatic carbocycles. The third-order valence-electron chi connectivity index (χ3n) is 17.0. The monoisotopic (exact) mass is 1190 g/mol. The van der Waals surface area contributed by atoms with Crippen LogP contribution in [0.5, 0.6) is 0 Å². The molecule has 7 unspecified atom stereocenters. The number of nitrogens with one attached hydrogen (secondary N) is 1. The van der Waals surface area contributed by atoms with Crippen LogP contribution in [0.1, 0.15) is 335 Å². The van der Waals surface area contributed by atoms with E-state index in [0.717, 1.165) is 70.6 Å². The summed E-state index contributed by atoms with van der Waals surface area (Å²) in [4.78, 5) is 13.1. The quantitative estimate of drug-likeness (QED) is 0.0261. The zero-order valence-corrected chi connectivity index (χ0v) is 55.4. The molecule has 0 bridgehead atoms. The molecule has 494 valence electrons. The molecule has 0 radical (unpaired) electrons. The van der Waals surface area contributed by atoms with Gasteiger partial charge in [0.15, 0.2) is 6.29 Å². The smallest absolute Gasteiger partial charge is 0.220 e. The van der Waals surface area contributed by atoms with Crippen molar-refractivity contribution in [1.29, 1.82) is 0 Å². The number of hydrogen-bond acceptors (Lipinski definition) is 8. The van der Waals surface area contributed by atoms with E-state index in [1.807, 2.05) is 6.08 Å². The minimum atomic E-state index is -1.58. The van der Waals surface area contributed by atoms with Gasteiger partial charge in [0.05, 0.1) is 25.4 Å². The summed E-state index contributed by atoms with van der Waals surface area (Å²) in [5, 5.41) is 54.8. The maximum Gasteiger partial charge on any atom is 0.220 e. The Morgan fingerprint density at radius 3 is 1.13 bits per heavy atom. The molecule has 85 heavy (non-hydrogen) atoms. The number of unbranched alkanes of at least 4 members (excludes halogenated alkanes) is 41. The molecule has 0 spiro atoms. The number of allylic oxidation sites excluding steroid dienone is 13. The highest BCUT2D eigenvalue weighted by Crippen LogP contribution is 2.23. The number of carbonyl (C=O) groups is 1. The highest BCUT2D eigenvalue weighted by Gasteiger charge is 2.44. The van der Waals surface area contributed by atoms with Crippen molar-refractivity contribution in [3.05, 3.63) is 85.1 Å². The van der Waals surface area contributed by atoms with Crippen molar-refractivity contribution in [2.24, 2.45) is 0 Å². The number of amides is 1. The van der Waals surface area contributed by atoms with Crippen LogP contribution >= 0.6 is 0 Å². The second kappa shape index (κ2) is 64.4. The van der Waals surface area contributed by atoms with E-state index in [1.165, 1.54) is 244 Å². The Morgan fingerprint density at radius 2 is 0.741 bits per heavy atom. The first kappa shape index (κ1) is 80.4. The molecule has 9 nitrogen and oxygen atoms in total. The Labute approximate surface area is 524 Å². The van der Waals surface area contributed by atoms with Gasteiger partial charge in [-0.25, -0.2) is 0 Å². The molecule has 0 saturated carbocycles. The van der Waals surface area contributed by atoms with Crippen molar-refractivity contribution >= 4 is 5.91 Å². The van der Waals surface area contributed by atoms with Crippen LogP contribution < -0.4 is 5.32 Å². The summed E-state index contributed by atoms with van der Waals surface area (Å²) in [6.07, 6.45) is 85.6. The van der Waals surface area contributed by atoms with E-state index in [0.29, 0.717) is 6.42 Å². The number of hydrogen-bond donors (Lipinski definition) is 6. The normalized spacial score (nSPS) is 18.6. The Hall–Kier alpha value is -2.63. The molecule has 0 aromatic carbocycles. The SMILES string of the molecule is CC/C=C\C/C=C\C/C=C\C/C=C\C/C=C\CCCCCCCCCCCCCCCCCC(=O)NC(COC1OC(CO)C(O)C(O)C1O)C(O)/C=C/CC/C=C/CCCCCCCCCCCCCCCCCCCCCCCCCCC. The van der Waals surface area contributed by atoms with Crippen LogP contribution in [0.3, 0.4) is 0 Å². The lowest BCUT2D eigenvalue weighted by Gasteiger charge is -2.40. The molecule has 1 aliphatic heterocycles. The van der Waals surface area contributed by atoms with Crippen LogP contribution in [0.15, 0.2) is 85.1 Å². The lowest BCUT2D eigenvalue weighted by molar-refractivity contribution is -0.302. The van der Waals surface area contributed by atoms with Gasteiger partial charge in [0.2, 0.25) is 5.91 Å². The summed E-state index contributed by atoms with van der Waals surface area (Å²) in [6, 6.07) is -0.828. The fourth-order valence-electron chi connectivity index (χ4n) is 11.3. The van der Waals surface area contributed by atoms with Gasteiger partial charge in [-0.15, -0.1) is 0 Å². The zero-order valence-electron chi connectivity index (χ0n) is 55.4. The summed E-state index contributed by atoms with van der Waals surface area (Å²) in [5.74, 6) is -0.185. The van der Waals surface area contributed by atoms with Crippen molar-refractivity contribution in [2.45, 2.75) is 378 Å². The summed E-state index contributed by atoms with van der Waals surface area (Å²) in [6.45, 7) is 3.69. The van der Waals surface area contributed by atoms with Gasteiger partial charge in [-0.2, -0.15) is 0 Å². The van der Waals surface area contributed by atoms with Crippen molar-refractivity contribution in [3.8, 4) is 0 Å². The molecule has 1 aliphatic rings. The minimum Gasteiger partial charge on any atom is -0.394 e. The summed E-state index contributed by atoms with van der Waals surface area (Å²) in [5.41, 5.74) is 0. The summed E-state index contributed by atoms with van der Waals surface area (Å²) < 4.78 is 11.3. The molecule has 1 fully saturated rings. The number of rotatable bonds is 63. The van der Waals surface area contributed by atoms with Gasteiger partial charge in [-0.3, -0.25) is 4.79 Å². The highest BCUT2D eigenvalue weighted by molar-refractivity contribution is 5.76. The lowest BCUT2D eigenvalue weighted by Crippen LogP contribution is -2.60. The van der Waals surface area contributed by atoms with Crippen molar-refractivity contribution in [3.63, 3.8) is 0 Å². The minimum absolute atomic E-state index is 0.185. The summed E-state index contributed by atoms with van der Waals surface area (Å²) in [7, 11) is 0. The Bertz CT molecular complexity index is 1620. The molecule has 1 heterocycles. The second-order valence-corrected chi connectivity index (χ2v) is 25.0. The van der Waals surface area contributed by atoms with Crippen LogP contribution in [-0.2, 0) is 14.3 Å². The molecular weight excluding hydrogens is 1050 g/mol. The predicted molar refractivity (Wildman–Crippen MR) is 364 cm³/mol. The molecular formula is C76H137NO8. The van der Waals surface area contributed by atoms with Crippen LogP contribution in [0.4, 0.5) is 0 Å². The molecule has 7 atom stereocenters. The van der Waals surface area contributed by atoms with Crippen LogP contribution in [-0.4, -0.2) is 87.5 Å². The molecule has 9 heteroatoms. The predicted octanol–water partition coefficient (Wildman–Crippen LogP) is 20.1. The van der Waals surface area contributed by atoms with E-state index in [4.69, 9.17) is 9.47 Å². The van der Waals surface area contributed by atoms with Gasteiger partial charge in [0, 0.05) is 6.42 Å². The van der Waals surface area contributed by atoms with E-state index in [2.05, 4.69) is 92.1 Å². The number of ether oxygens (including phenoxy) is 2. The Kier molecular flexibility index (Phi) is 60.9. The maximum atomic E-state index is 13.1. The molecule has 0 aromatic rings. The van der Waals surface area contributed by atoms with Gasteiger partial charge >= 0.3 is 0 Å². The zero-order chi connectivity index (χ0) is 61.4. The fourth-order valence-corrected chi connectivity index (χ4v) is 11.3. The lowest BCUT2D eigenvalue weighted by atomic mass is 9.99. The molecule has 6 N–H and O–H groups in total. The first-order valence-corrected chi connectivity index (χ1v) is 36.3. The average Bonchev–Trinajstić information content (AvgIpc) is 3.54. The molecule has 1 rings (SSSR count). The van der Waals surface area contributed by atoms with Gasteiger partial charge < -0.3 is 40.3 Å². The number of carbonyl (C=O) groups excluding carboxylic acids is 1. The Morgan fingerprint density at radius 1 is 0.412 bits per heavy atom. The topological polar surface area (TPSA) is 149 Å². The van der Waals surface area contributed by atoms with Crippen LogP contribution in [0.25, 0.3) is 0 Å². The van der Waals surface area contributed by atoms with Crippen LogP contribution in [0, 0.1) is 0 Å². The third-order valence-corrected chi connectivity index (χ3v) is 17.0. The maximum absolute atomic E-state index is 13.1. The fraction of sp³-hybridized carbons (Fsp3) is 0.803. The molecule has 0 aromatic heterocycles. The molecule has 1 amide bonds. The van der Waals surface area contributed by atoms with Gasteiger partial charge in [-0.05, 0) is 77.0 Å². The first-order valence-electron chi connectivity index (χ1n) is 36.3. The van der Waals surface area contributed by atoms with Crippen molar-refractivity contribution < 1.29 is 39.8 Å². The third kappa shape index (κ3) is 53.0. The van der Waals surface area contributed by atoms with E-state index in [9.17, 15) is 30.3 Å². The number of aliphatic hydroxyl groups excluding tert-OH is 5. The molecule has 1 saturated heterocycles. The van der Waals surface area contributed by atoms with Gasteiger partial charge in [0.25, 0.3) is 0 Å². The van der Waals surface area contributed by atoms with E-state index < -0.39 is 49.5 Å². The van der Waals surface area contributed by atoms with Crippen molar-refractivity contribution in [1.82, 2.24) is 5.32 Å². The highest BCUT2D eigenvalue weighted by atomic mass is 16.7. The van der Waals surface area contributed by atoms with Gasteiger partial charge in [0.1, 0.15) is 24.4 Å². The second-order valence-electron chi connectivity index (χ2n) is 25.0. The van der Waals surface area contributed by atoms with E-state index in [-0.39, 0.29) is 12.5 Å². The van der Waals surface area contributed by atoms with E-state index >= 15 is 0 Å². The Balaban J connectivity index is 2.14. The standard InChI is InChI=1S/C76H137NO8/c1-3-5-7-9-11-13-15-17-19-21-23-25-27-29-31-33-35-37-39-41-43-45-47-49-51-53-55-57-59-61-63-65-70(79)69(68-84-76-75(83)74(82)73(81)71(67-78)85-76)77-72(80)66-64-62-60-58-56-54-52-50-48-46-44-42-40-38-36-34-32-30-28-26-24-22-20-18-16-14-12-10-8-6-4-2/h6,8,12,14,18,20,24,26,30,32,55,57,63,65,69-71,73-76,78-79,81-83H,3-5,7,9-11,13,15-17,19,21-23,25,27-29,31,33-54,56,58-62,64,66-68H2,1-2H3,(H,77,80)/b8-6-,14-12-,20-18-,26-24-,32-30-,57-55+,65-63+. The van der Waals surface area contributed by atoms with Crippen LogP contribution in [0.2, 0.25) is 0 Å². The largest absolute Gasteiger partial charge is 0.394 e. The summed E-state index contributed by atoms with van der Waals surface area (Å²) >= 11 is 0. The van der Waals surface area contributed by atoms with E-state index in [1.54, 1.807) is 6.08 Å². The average molecular weight is 1190 g/mol.